The Labute approximate surface area is 112 Å². The molecule has 3 nitrogen and oxygen atoms in total. The van der Waals surface area contributed by atoms with E-state index in [-0.39, 0.29) is 18.1 Å². The van der Waals surface area contributed by atoms with Gasteiger partial charge in [-0.25, -0.2) is 0 Å². The Morgan fingerprint density at radius 2 is 2.25 bits per heavy atom. The first-order valence-electron chi connectivity index (χ1n) is 5.33. The molecule has 0 aliphatic heterocycles. The predicted molar refractivity (Wildman–Crippen MR) is 72.8 cm³/mol. The fourth-order valence-corrected chi connectivity index (χ4v) is 3.44. The van der Waals surface area contributed by atoms with E-state index >= 15 is 0 Å². The molecular formula is C11H14INO2S. The lowest BCUT2D eigenvalue weighted by atomic mass is 9.98. The molecule has 0 bridgehead atoms. The van der Waals surface area contributed by atoms with E-state index in [9.17, 15) is 9.90 Å². The van der Waals surface area contributed by atoms with Crippen molar-refractivity contribution in [3.8, 4) is 0 Å². The summed E-state index contributed by atoms with van der Waals surface area (Å²) in [6, 6.07) is 1.88. The molecule has 1 saturated carbocycles. The third-order valence-corrected chi connectivity index (χ3v) is 4.86. The van der Waals surface area contributed by atoms with Crippen molar-refractivity contribution in [1.29, 1.82) is 0 Å². The number of rotatable bonds is 3. The molecular weight excluding hydrogens is 337 g/mol. The summed E-state index contributed by atoms with van der Waals surface area (Å²) in [5.74, 6) is -0.0601. The quantitative estimate of drug-likeness (QED) is 0.822. The third kappa shape index (κ3) is 2.57. The van der Waals surface area contributed by atoms with Gasteiger partial charge in [0.25, 0.3) is 5.91 Å². The van der Waals surface area contributed by atoms with Crippen molar-refractivity contribution in [1.82, 2.24) is 5.32 Å². The molecule has 2 rings (SSSR count). The van der Waals surface area contributed by atoms with Crippen LogP contribution in [0.4, 0.5) is 0 Å². The maximum atomic E-state index is 12.0. The van der Waals surface area contributed by atoms with Gasteiger partial charge in [0.15, 0.2) is 0 Å². The minimum absolute atomic E-state index is 0.0416. The molecule has 1 heterocycles. The summed E-state index contributed by atoms with van der Waals surface area (Å²) in [6.07, 6.45) is 3.94. The number of thiophene rings is 1. The van der Waals surface area contributed by atoms with Crippen molar-refractivity contribution < 1.29 is 9.90 Å². The highest BCUT2D eigenvalue weighted by Gasteiger charge is 2.34. The highest BCUT2D eigenvalue weighted by atomic mass is 127. The summed E-state index contributed by atoms with van der Waals surface area (Å²) in [5.41, 5.74) is 0.332. The predicted octanol–water partition coefficient (Wildman–Crippen LogP) is 2.39. The van der Waals surface area contributed by atoms with Crippen LogP contribution < -0.4 is 5.32 Å². The molecule has 1 aromatic rings. The highest BCUT2D eigenvalue weighted by Crippen LogP contribution is 2.29. The Bertz CT molecular complexity index is 385. The van der Waals surface area contributed by atoms with Crippen LogP contribution in [0.5, 0.6) is 0 Å². The van der Waals surface area contributed by atoms with Gasteiger partial charge >= 0.3 is 0 Å². The summed E-state index contributed by atoms with van der Waals surface area (Å²) in [7, 11) is 0. The molecule has 5 heteroatoms. The van der Waals surface area contributed by atoms with Crippen molar-refractivity contribution in [2.24, 2.45) is 0 Å². The lowest BCUT2D eigenvalue weighted by Gasteiger charge is -2.27. The smallest absolute Gasteiger partial charge is 0.252 e. The van der Waals surface area contributed by atoms with Gasteiger partial charge in [0.2, 0.25) is 0 Å². The number of aliphatic hydroxyl groups is 1. The zero-order chi connectivity index (χ0) is 11.6. The van der Waals surface area contributed by atoms with Crippen molar-refractivity contribution in [3.05, 3.63) is 19.9 Å². The Kier molecular flexibility index (Phi) is 3.86. The van der Waals surface area contributed by atoms with Crippen molar-refractivity contribution in [3.63, 3.8) is 0 Å². The summed E-state index contributed by atoms with van der Waals surface area (Å²) in [4.78, 5) is 12.0. The van der Waals surface area contributed by atoms with Crippen LogP contribution in [0, 0.1) is 2.88 Å². The lowest BCUT2D eigenvalue weighted by molar-refractivity contribution is 0.0839. The summed E-state index contributed by atoms with van der Waals surface area (Å²) in [6.45, 7) is 0.0416. The number of carbonyl (C=O) groups is 1. The zero-order valence-corrected chi connectivity index (χ0v) is 11.8. The second kappa shape index (κ2) is 5.01. The number of hydrogen-bond acceptors (Lipinski definition) is 3. The van der Waals surface area contributed by atoms with Crippen LogP contribution in [0.2, 0.25) is 0 Å². The van der Waals surface area contributed by atoms with Gasteiger partial charge in [-0.15, -0.1) is 11.3 Å². The van der Waals surface area contributed by atoms with Gasteiger partial charge in [-0.3, -0.25) is 4.79 Å². The molecule has 0 spiro atoms. The molecule has 0 atom stereocenters. The first-order valence-corrected chi connectivity index (χ1v) is 7.28. The first kappa shape index (κ1) is 12.3. The molecule has 0 radical (unpaired) electrons. The van der Waals surface area contributed by atoms with Gasteiger partial charge in [0.1, 0.15) is 0 Å². The lowest BCUT2D eigenvalue weighted by Crippen LogP contribution is -2.49. The molecule has 1 amide bonds. The zero-order valence-electron chi connectivity index (χ0n) is 8.83. The van der Waals surface area contributed by atoms with Gasteiger partial charge < -0.3 is 10.4 Å². The molecule has 16 heavy (non-hydrogen) atoms. The molecule has 1 aliphatic carbocycles. The van der Waals surface area contributed by atoms with E-state index in [4.69, 9.17) is 0 Å². The summed E-state index contributed by atoms with van der Waals surface area (Å²) in [5, 5.41) is 14.2. The first-order chi connectivity index (χ1) is 7.65. The topological polar surface area (TPSA) is 49.3 Å². The number of nitrogens with one attached hydrogen (secondary N) is 1. The molecule has 1 fully saturated rings. The fourth-order valence-electron chi connectivity index (χ4n) is 2.12. The average molecular weight is 351 g/mol. The van der Waals surface area contributed by atoms with Crippen LogP contribution in [0.1, 0.15) is 36.0 Å². The minimum Gasteiger partial charge on any atom is -0.394 e. The molecule has 88 valence electrons. The Morgan fingerprint density at radius 1 is 1.56 bits per heavy atom. The summed E-state index contributed by atoms with van der Waals surface area (Å²) < 4.78 is 1.10. The van der Waals surface area contributed by atoms with Gasteiger partial charge in [0.05, 0.1) is 20.6 Å². The van der Waals surface area contributed by atoms with E-state index in [1.807, 2.05) is 11.4 Å². The van der Waals surface area contributed by atoms with Crippen LogP contribution in [-0.4, -0.2) is 23.2 Å². The van der Waals surface area contributed by atoms with Crippen LogP contribution >= 0.6 is 33.9 Å². The van der Waals surface area contributed by atoms with Crippen molar-refractivity contribution in [2.75, 3.05) is 6.61 Å². The molecule has 1 aliphatic rings. The third-order valence-electron chi connectivity index (χ3n) is 3.07. The second-order valence-corrected chi connectivity index (χ2v) is 7.04. The van der Waals surface area contributed by atoms with E-state index in [0.29, 0.717) is 5.56 Å². The summed E-state index contributed by atoms with van der Waals surface area (Å²) >= 11 is 3.76. The number of carbonyl (C=O) groups excluding carboxylic acids is 1. The number of amides is 1. The number of hydrogen-bond donors (Lipinski definition) is 2. The van der Waals surface area contributed by atoms with E-state index < -0.39 is 0 Å². The largest absolute Gasteiger partial charge is 0.394 e. The van der Waals surface area contributed by atoms with Gasteiger partial charge in [-0.2, -0.15) is 0 Å². The highest BCUT2D eigenvalue weighted by molar-refractivity contribution is 14.1. The number of halogens is 1. The molecule has 0 unspecified atom stereocenters. The van der Waals surface area contributed by atoms with E-state index in [2.05, 4.69) is 27.9 Å². The standard InChI is InChI=1S/C11H14INO2S/c12-9-5-8(6-16-9)10(15)13-11(7-14)3-1-2-4-11/h5-6,14H,1-4,7H2,(H,13,15). The van der Waals surface area contributed by atoms with E-state index in [1.165, 1.54) is 0 Å². The number of aliphatic hydroxyl groups excluding tert-OH is 1. The van der Waals surface area contributed by atoms with Crippen LogP contribution in [0.25, 0.3) is 0 Å². The van der Waals surface area contributed by atoms with Gasteiger partial charge in [0, 0.05) is 5.38 Å². The maximum absolute atomic E-state index is 12.0. The average Bonchev–Trinajstić information content (AvgIpc) is 2.88. The van der Waals surface area contributed by atoms with Crippen molar-refractivity contribution in [2.45, 2.75) is 31.2 Å². The Morgan fingerprint density at radius 3 is 2.75 bits per heavy atom. The van der Waals surface area contributed by atoms with Crippen LogP contribution in [0.15, 0.2) is 11.4 Å². The van der Waals surface area contributed by atoms with Crippen molar-refractivity contribution >= 4 is 39.8 Å². The van der Waals surface area contributed by atoms with Crippen LogP contribution in [0.3, 0.4) is 0 Å². The Hall–Kier alpha value is -0.140. The minimum atomic E-state index is -0.371. The maximum Gasteiger partial charge on any atom is 0.252 e. The van der Waals surface area contributed by atoms with Gasteiger partial charge in [-0.05, 0) is 41.5 Å². The Balaban J connectivity index is 2.06. The normalized spacial score (nSPS) is 18.6. The molecule has 0 saturated heterocycles. The monoisotopic (exact) mass is 351 g/mol. The van der Waals surface area contributed by atoms with Crippen LogP contribution in [-0.2, 0) is 0 Å². The fraction of sp³-hybridized carbons (Fsp3) is 0.545. The molecule has 2 N–H and O–H groups in total. The SMILES string of the molecule is O=C(NC1(CO)CCCC1)c1csc(I)c1. The molecule has 0 aromatic carbocycles. The second-order valence-electron chi connectivity index (χ2n) is 4.24. The molecule has 1 aromatic heterocycles. The van der Waals surface area contributed by atoms with Gasteiger partial charge in [-0.1, -0.05) is 12.8 Å². The van der Waals surface area contributed by atoms with E-state index in [1.54, 1.807) is 11.3 Å². The van der Waals surface area contributed by atoms with E-state index in [0.717, 1.165) is 28.6 Å².